The van der Waals surface area contributed by atoms with Gasteiger partial charge in [-0.15, -0.1) is 0 Å². The Bertz CT molecular complexity index is 1080. The number of piperidine rings is 1. The molecule has 4 rings (SSSR count). The smallest absolute Gasteiger partial charge is 0.411 e. The van der Waals surface area contributed by atoms with Crippen molar-refractivity contribution in [1.82, 2.24) is 4.98 Å². The van der Waals surface area contributed by atoms with E-state index in [1.165, 1.54) is 0 Å². The van der Waals surface area contributed by atoms with E-state index < -0.39 is 6.09 Å². The molecule has 0 unspecified atom stereocenters. The van der Waals surface area contributed by atoms with Gasteiger partial charge in [0.25, 0.3) is 5.91 Å². The highest BCUT2D eigenvalue weighted by molar-refractivity contribution is 6.06. The van der Waals surface area contributed by atoms with Crippen molar-refractivity contribution in [3.8, 4) is 5.75 Å². The molecule has 8 nitrogen and oxygen atoms in total. The summed E-state index contributed by atoms with van der Waals surface area (Å²) in [5, 5.41) is 5.59. The largest absolute Gasteiger partial charge is 0.497 e. The molecule has 2 aromatic carbocycles. The molecule has 0 atom stereocenters. The number of amides is 2. The molecule has 2 heterocycles. The normalized spacial score (nSPS) is 13.8. The highest BCUT2D eigenvalue weighted by Crippen LogP contribution is 2.24. The molecule has 1 saturated heterocycles. The van der Waals surface area contributed by atoms with E-state index in [0.29, 0.717) is 22.7 Å². The molecule has 0 radical (unpaired) electrons. The number of aromatic nitrogens is 1. The maximum absolute atomic E-state index is 12.6. The Balaban J connectivity index is 1.32. The fraction of sp³-hybridized carbons (Fsp3) is 0.240. The van der Waals surface area contributed by atoms with Gasteiger partial charge in [-0.3, -0.25) is 15.1 Å². The first-order chi connectivity index (χ1) is 16.1. The molecule has 0 spiro atoms. The van der Waals surface area contributed by atoms with Crippen molar-refractivity contribution in [2.75, 3.05) is 35.7 Å². The fourth-order valence-electron chi connectivity index (χ4n) is 3.72. The number of benzene rings is 2. The number of nitrogens with zero attached hydrogens (tertiary/aromatic N) is 2. The second-order valence-electron chi connectivity index (χ2n) is 7.65. The number of ether oxygens (including phenoxy) is 2. The summed E-state index contributed by atoms with van der Waals surface area (Å²) in [7, 11) is 1.57. The Morgan fingerprint density at radius 1 is 0.909 bits per heavy atom. The van der Waals surface area contributed by atoms with Crippen LogP contribution in [0.2, 0.25) is 0 Å². The lowest BCUT2D eigenvalue weighted by Crippen LogP contribution is -2.38. The van der Waals surface area contributed by atoms with Crippen molar-refractivity contribution in [1.29, 1.82) is 0 Å². The zero-order valence-electron chi connectivity index (χ0n) is 18.4. The first kappa shape index (κ1) is 22.1. The molecule has 1 aliphatic rings. The predicted octanol–water partition coefficient (Wildman–Crippen LogP) is 4.56. The summed E-state index contributed by atoms with van der Waals surface area (Å²) in [4.78, 5) is 31.4. The zero-order valence-corrected chi connectivity index (χ0v) is 18.4. The SMILES string of the molecule is COc1ccc(C(=O)Nc2ccccc2NC(=O)OC2CCN(c3ccncc3)CC2)cc1. The summed E-state index contributed by atoms with van der Waals surface area (Å²) in [6, 6.07) is 17.8. The Hall–Kier alpha value is -4.07. The van der Waals surface area contributed by atoms with Crippen molar-refractivity contribution in [2.45, 2.75) is 18.9 Å². The summed E-state index contributed by atoms with van der Waals surface area (Å²) in [5.41, 5.74) is 2.56. The lowest BCUT2D eigenvalue weighted by Gasteiger charge is -2.33. The number of carbonyl (C=O) groups is 2. The van der Waals surface area contributed by atoms with Gasteiger partial charge in [0.2, 0.25) is 0 Å². The van der Waals surface area contributed by atoms with Crippen molar-refractivity contribution in [2.24, 2.45) is 0 Å². The Kier molecular flexibility index (Phi) is 7.04. The highest BCUT2D eigenvalue weighted by Gasteiger charge is 2.23. The van der Waals surface area contributed by atoms with Crippen molar-refractivity contribution in [3.63, 3.8) is 0 Å². The van der Waals surface area contributed by atoms with Gasteiger partial charge in [0.15, 0.2) is 0 Å². The van der Waals surface area contributed by atoms with E-state index in [1.54, 1.807) is 68.0 Å². The third-order valence-electron chi connectivity index (χ3n) is 5.51. The van der Waals surface area contributed by atoms with E-state index in [2.05, 4.69) is 20.5 Å². The highest BCUT2D eigenvalue weighted by atomic mass is 16.6. The minimum atomic E-state index is -0.538. The quantitative estimate of drug-likeness (QED) is 0.577. The molecule has 0 bridgehead atoms. The Morgan fingerprint density at radius 3 is 2.18 bits per heavy atom. The molecule has 2 amide bonds. The third kappa shape index (κ3) is 5.79. The van der Waals surface area contributed by atoms with Crippen molar-refractivity contribution in [3.05, 3.63) is 78.6 Å². The molecule has 1 aliphatic heterocycles. The number of nitrogens with one attached hydrogen (secondary N) is 2. The van der Waals surface area contributed by atoms with Gasteiger partial charge in [-0.1, -0.05) is 12.1 Å². The number of carbonyl (C=O) groups excluding carboxylic acids is 2. The van der Waals surface area contributed by atoms with Gasteiger partial charge in [-0.05, 0) is 48.5 Å². The van der Waals surface area contributed by atoms with Crippen LogP contribution < -0.4 is 20.3 Å². The van der Waals surface area contributed by atoms with Crippen LogP contribution in [0.5, 0.6) is 5.75 Å². The molecule has 0 saturated carbocycles. The van der Waals surface area contributed by atoms with Gasteiger partial charge >= 0.3 is 6.09 Å². The van der Waals surface area contributed by atoms with Gasteiger partial charge in [0.1, 0.15) is 11.9 Å². The van der Waals surface area contributed by atoms with E-state index in [1.807, 2.05) is 12.1 Å². The lowest BCUT2D eigenvalue weighted by molar-refractivity contribution is 0.0949. The summed E-state index contributed by atoms with van der Waals surface area (Å²) >= 11 is 0. The zero-order chi connectivity index (χ0) is 23.0. The Labute approximate surface area is 192 Å². The van der Waals surface area contributed by atoms with Gasteiger partial charge in [-0.25, -0.2) is 4.79 Å². The number of rotatable bonds is 6. The lowest BCUT2D eigenvalue weighted by atomic mass is 10.1. The average molecular weight is 447 g/mol. The van der Waals surface area contributed by atoms with Gasteiger partial charge in [0, 0.05) is 49.6 Å². The van der Waals surface area contributed by atoms with E-state index in [0.717, 1.165) is 31.6 Å². The number of para-hydroxylation sites is 2. The maximum Gasteiger partial charge on any atom is 0.411 e. The van der Waals surface area contributed by atoms with Crippen LogP contribution in [0, 0.1) is 0 Å². The molecule has 0 aliphatic carbocycles. The number of methoxy groups -OCH3 is 1. The standard InChI is InChI=1S/C25H26N4O4/c1-32-20-8-6-18(7-9-20)24(30)27-22-4-2-3-5-23(22)28-25(31)33-21-12-16-29(17-13-21)19-10-14-26-15-11-19/h2-11,14-15,21H,12-13,16-17H2,1H3,(H,27,30)(H,28,31). The van der Waals surface area contributed by atoms with Crippen LogP contribution in [0.4, 0.5) is 21.9 Å². The Morgan fingerprint density at radius 2 is 1.55 bits per heavy atom. The average Bonchev–Trinajstić information content (AvgIpc) is 2.86. The molecule has 1 fully saturated rings. The second-order valence-corrected chi connectivity index (χ2v) is 7.65. The maximum atomic E-state index is 12.6. The molecule has 8 heteroatoms. The van der Waals surface area contributed by atoms with Crippen LogP contribution in [0.15, 0.2) is 73.1 Å². The predicted molar refractivity (Wildman–Crippen MR) is 127 cm³/mol. The van der Waals surface area contributed by atoms with Crippen LogP contribution in [0.3, 0.4) is 0 Å². The van der Waals surface area contributed by atoms with Crippen LogP contribution in [0.1, 0.15) is 23.2 Å². The number of hydrogen-bond donors (Lipinski definition) is 2. The number of hydrogen-bond acceptors (Lipinski definition) is 6. The topological polar surface area (TPSA) is 92.8 Å². The van der Waals surface area contributed by atoms with Crippen LogP contribution in [-0.4, -0.2) is 43.3 Å². The molecular weight excluding hydrogens is 420 g/mol. The van der Waals surface area contributed by atoms with Crippen LogP contribution >= 0.6 is 0 Å². The van der Waals surface area contributed by atoms with Crippen LogP contribution in [0.25, 0.3) is 0 Å². The summed E-state index contributed by atoms with van der Waals surface area (Å²) < 4.78 is 10.8. The first-order valence-electron chi connectivity index (χ1n) is 10.8. The van der Waals surface area contributed by atoms with Crippen molar-refractivity contribution < 1.29 is 19.1 Å². The molecule has 170 valence electrons. The van der Waals surface area contributed by atoms with E-state index in [4.69, 9.17) is 9.47 Å². The summed E-state index contributed by atoms with van der Waals surface area (Å²) in [6.07, 6.45) is 4.33. The van der Waals surface area contributed by atoms with E-state index >= 15 is 0 Å². The number of pyridine rings is 1. The van der Waals surface area contributed by atoms with Crippen LogP contribution in [-0.2, 0) is 4.74 Å². The fourth-order valence-corrected chi connectivity index (χ4v) is 3.72. The van der Waals surface area contributed by atoms with Crippen molar-refractivity contribution >= 4 is 29.1 Å². The first-order valence-corrected chi connectivity index (χ1v) is 10.8. The molecule has 33 heavy (non-hydrogen) atoms. The van der Waals surface area contributed by atoms with Gasteiger partial charge < -0.3 is 19.7 Å². The van der Waals surface area contributed by atoms with E-state index in [9.17, 15) is 9.59 Å². The molecule has 1 aromatic heterocycles. The summed E-state index contributed by atoms with van der Waals surface area (Å²) in [5.74, 6) is 0.381. The monoisotopic (exact) mass is 446 g/mol. The minimum absolute atomic E-state index is 0.163. The molecule has 3 aromatic rings. The number of anilines is 3. The van der Waals surface area contributed by atoms with E-state index in [-0.39, 0.29) is 12.0 Å². The second kappa shape index (κ2) is 10.5. The summed E-state index contributed by atoms with van der Waals surface area (Å²) in [6.45, 7) is 1.60. The van der Waals surface area contributed by atoms with Gasteiger partial charge in [0.05, 0.1) is 18.5 Å². The minimum Gasteiger partial charge on any atom is -0.497 e. The molecule has 2 N–H and O–H groups in total. The van der Waals surface area contributed by atoms with Gasteiger partial charge in [-0.2, -0.15) is 0 Å². The molecular formula is C25H26N4O4. The third-order valence-corrected chi connectivity index (χ3v) is 5.51.